The molecule has 0 aliphatic carbocycles. The lowest BCUT2D eigenvalue weighted by Gasteiger charge is -2.43. The van der Waals surface area contributed by atoms with Gasteiger partial charge in [-0.05, 0) is 74.4 Å². The number of nitrogens with one attached hydrogen (secondary N) is 1. The average molecular weight is 560 g/mol. The molecule has 0 radical (unpaired) electrons. The van der Waals surface area contributed by atoms with Crippen molar-refractivity contribution in [2.45, 2.75) is 51.7 Å². The van der Waals surface area contributed by atoms with Gasteiger partial charge in [-0.2, -0.15) is 0 Å². The van der Waals surface area contributed by atoms with E-state index in [1.165, 1.54) is 7.11 Å². The van der Waals surface area contributed by atoms with Gasteiger partial charge in [0.2, 0.25) is 0 Å². The Kier molecular flexibility index (Phi) is 10.0. The highest BCUT2D eigenvalue weighted by Gasteiger charge is 2.43. The first-order valence-electron chi connectivity index (χ1n) is 14.2. The Morgan fingerprint density at radius 1 is 1.05 bits per heavy atom. The number of hydrogen-bond acceptors (Lipinski definition) is 6. The molecule has 2 unspecified atom stereocenters. The number of amides is 2. The Hall–Kier alpha value is -3.88. The van der Waals surface area contributed by atoms with Gasteiger partial charge in [0.1, 0.15) is 11.5 Å². The number of piperidine rings is 1. The topological polar surface area (TPSA) is 114 Å². The Bertz CT molecular complexity index is 1320. The lowest BCUT2D eigenvalue weighted by atomic mass is 9.74. The third kappa shape index (κ3) is 7.07. The van der Waals surface area contributed by atoms with E-state index in [1.807, 2.05) is 85.5 Å². The summed E-state index contributed by atoms with van der Waals surface area (Å²) >= 11 is 0. The van der Waals surface area contributed by atoms with Crippen molar-refractivity contribution in [3.05, 3.63) is 94.5 Å². The molecule has 8 heteroatoms. The molecule has 1 aliphatic heterocycles. The number of nitrogens with two attached hydrogens (primary N) is 1. The van der Waals surface area contributed by atoms with Gasteiger partial charge in [0.15, 0.2) is 0 Å². The van der Waals surface area contributed by atoms with E-state index in [-0.39, 0.29) is 11.8 Å². The largest absolute Gasteiger partial charge is 0.456 e. The molecule has 1 aliphatic rings. The number of aryl methyl sites for hydroxylation is 2. The van der Waals surface area contributed by atoms with Crippen molar-refractivity contribution < 1.29 is 24.2 Å². The smallest absolute Gasteiger partial charge is 0.406 e. The highest BCUT2D eigenvalue weighted by molar-refractivity contribution is 5.94. The van der Waals surface area contributed by atoms with Crippen molar-refractivity contribution in [1.29, 1.82) is 0 Å². The summed E-state index contributed by atoms with van der Waals surface area (Å²) in [5, 5.41) is 15.3. The molecule has 41 heavy (non-hydrogen) atoms. The minimum absolute atomic E-state index is 0.0620. The quantitative estimate of drug-likeness (QED) is 0.286. The van der Waals surface area contributed by atoms with Gasteiger partial charge in [0.25, 0.3) is 5.91 Å². The molecule has 1 saturated heterocycles. The number of likely N-dealkylation sites (tertiary alicyclic amines) is 1. The number of alkyl carbamates (subject to hydrolysis) is 1. The molecule has 3 aromatic rings. The maximum Gasteiger partial charge on any atom is 0.406 e. The van der Waals surface area contributed by atoms with Crippen molar-refractivity contribution in [2.24, 2.45) is 11.7 Å². The van der Waals surface area contributed by atoms with Crippen LogP contribution >= 0.6 is 0 Å². The lowest BCUT2D eigenvalue weighted by Crippen LogP contribution is -2.48. The molecule has 0 saturated carbocycles. The van der Waals surface area contributed by atoms with Crippen LogP contribution in [-0.2, 0) is 16.9 Å². The second-order valence-corrected chi connectivity index (χ2v) is 10.8. The molecule has 218 valence electrons. The predicted molar refractivity (Wildman–Crippen MR) is 159 cm³/mol. The first-order valence-corrected chi connectivity index (χ1v) is 14.2. The number of carbonyl (C=O) groups excluding carboxylic acids is 2. The lowest BCUT2D eigenvalue weighted by molar-refractivity contribution is -0.0578. The standard InChI is InChI=1S/C33H41N3O5/c1-23-9-6-10-24(2)30(23)41-29-13-5-4-12-28(29)33(39,18-8-19-35-32(38)40-3)27-11-7-20-36(22-27)31(37)26-16-14-25(21-34)15-17-26/h4-6,9-10,12-17,27,39H,7-8,11,18-22,34H2,1-3H3,(H,35,38). The minimum atomic E-state index is -1.31. The Labute approximate surface area is 242 Å². The molecule has 2 atom stereocenters. The monoisotopic (exact) mass is 559 g/mol. The van der Waals surface area contributed by atoms with E-state index < -0.39 is 11.7 Å². The number of aliphatic hydroxyl groups is 1. The van der Waals surface area contributed by atoms with Crippen LogP contribution in [0.5, 0.6) is 11.5 Å². The fourth-order valence-electron chi connectivity index (χ4n) is 5.68. The van der Waals surface area contributed by atoms with Crippen LogP contribution in [0.25, 0.3) is 0 Å². The Morgan fingerprint density at radius 3 is 2.44 bits per heavy atom. The number of carbonyl (C=O) groups is 2. The first-order chi connectivity index (χ1) is 19.8. The fraction of sp³-hybridized carbons (Fsp3) is 0.394. The first kappa shape index (κ1) is 30.1. The van der Waals surface area contributed by atoms with E-state index in [9.17, 15) is 14.7 Å². The third-order valence-corrected chi connectivity index (χ3v) is 7.98. The number of rotatable bonds is 10. The summed E-state index contributed by atoms with van der Waals surface area (Å²) in [6, 6.07) is 20.9. The SMILES string of the molecule is COC(=O)NCCCC(O)(c1ccccc1Oc1c(C)cccc1C)C1CCCN(C(=O)c2ccc(CN)cc2)C1. The molecule has 0 aromatic heterocycles. The number of hydrogen-bond donors (Lipinski definition) is 3. The van der Waals surface area contributed by atoms with Crippen LogP contribution in [0.15, 0.2) is 66.7 Å². The second-order valence-electron chi connectivity index (χ2n) is 10.8. The van der Waals surface area contributed by atoms with Gasteiger partial charge >= 0.3 is 6.09 Å². The maximum absolute atomic E-state index is 13.5. The zero-order chi connectivity index (χ0) is 29.4. The summed E-state index contributed by atoms with van der Waals surface area (Å²) in [5.41, 5.74) is 8.66. The van der Waals surface area contributed by atoms with Crippen LogP contribution in [0.1, 0.15) is 58.3 Å². The summed E-state index contributed by atoms with van der Waals surface area (Å²) in [6.07, 6.45) is 1.87. The Morgan fingerprint density at radius 2 is 1.76 bits per heavy atom. The van der Waals surface area contributed by atoms with E-state index in [4.69, 9.17) is 15.2 Å². The van der Waals surface area contributed by atoms with Crippen molar-refractivity contribution in [2.75, 3.05) is 26.7 Å². The molecule has 0 spiro atoms. The number of methoxy groups -OCH3 is 1. The van der Waals surface area contributed by atoms with Gasteiger partial charge in [0, 0.05) is 43.2 Å². The van der Waals surface area contributed by atoms with Crippen molar-refractivity contribution in [3.8, 4) is 11.5 Å². The molecule has 4 N–H and O–H groups in total. The summed E-state index contributed by atoms with van der Waals surface area (Å²) in [6.45, 7) is 5.78. The summed E-state index contributed by atoms with van der Waals surface area (Å²) < 4.78 is 11.2. The summed E-state index contributed by atoms with van der Waals surface area (Å²) in [5.74, 6) is 1.03. The van der Waals surface area contributed by atoms with Crippen LogP contribution < -0.4 is 15.8 Å². The molecule has 0 bridgehead atoms. The van der Waals surface area contributed by atoms with Crippen LogP contribution in [0.4, 0.5) is 4.79 Å². The maximum atomic E-state index is 13.5. The van der Waals surface area contributed by atoms with Gasteiger partial charge < -0.3 is 30.5 Å². The third-order valence-electron chi connectivity index (χ3n) is 7.98. The zero-order valence-electron chi connectivity index (χ0n) is 24.2. The molecule has 4 rings (SSSR count). The predicted octanol–water partition coefficient (Wildman–Crippen LogP) is 5.43. The molecule has 2 amide bonds. The molecule has 3 aromatic carbocycles. The van der Waals surface area contributed by atoms with E-state index in [0.717, 1.165) is 35.3 Å². The van der Waals surface area contributed by atoms with Gasteiger partial charge in [-0.15, -0.1) is 0 Å². The second kappa shape index (κ2) is 13.7. The number of para-hydroxylation sites is 2. The zero-order valence-corrected chi connectivity index (χ0v) is 24.2. The molecular formula is C33H41N3O5. The van der Waals surface area contributed by atoms with Gasteiger partial charge in [-0.1, -0.05) is 48.5 Å². The molecule has 1 heterocycles. The van der Waals surface area contributed by atoms with Crippen LogP contribution in [0.2, 0.25) is 0 Å². The highest BCUT2D eigenvalue weighted by atomic mass is 16.5. The normalized spacial score (nSPS) is 16.5. The van der Waals surface area contributed by atoms with Gasteiger partial charge in [-0.25, -0.2) is 4.79 Å². The van der Waals surface area contributed by atoms with Crippen LogP contribution in [0.3, 0.4) is 0 Å². The summed E-state index contributed by atoms with van der Waals surface area (Å²) in [7, 11) is 1.32. The number of benzene rings is 3. The molecule has 8 nitrogen and oxygen atoms in total. The van der Waals surface area contributed by atoms with Gasteiger partial charge in [0.05, 0.1) is 12.7 Å². The molecule has 1 fully saturated rings. The van der Waals surface area contributed by atoms with Gasteiger partial charge in [-0.3, -0.25) is 4.79 Å². The van der Waals surface area contributed by atoms with Crippen molar-refractivity contribution in [3.63, 3.8) is 0 Å². The van der Waals surface area contributed by atoms with Crippen molar-refractivity contribution in [1.82, 2.24) is 10.2 Å². The van der Waals surface area contributed by atoms with Crippen LogP contribution in [0, 0.1) is 19.8 Å². The summed E-state index contributed by atoms with van der Waals surface area (Å²) in [4.78, 5) is 27.0. The number of nitrogens with zero attached hydrogens (tertiary/aromatic N) is 1. The van der Waals surface area contributed by atoms with E-state index in [2.05, 4.69) is 5.32 Å². The average Bonchev–Trinajstić information content (AvgIpc) is 3.01. The highest BCUT2D eigenvalue weighted by Crippen LogP contribution is 2.44. The Balaban J connectivity index is 1.65. The van der Waals surface area contributed by atoms with Crippen molar-refractivity contribution >= 4 is 12.0 Å². The van der Waals surface area contributed by atoms with Crippen LogP contribution in [-0.4, -0.2) is 48.8 Å². The van der Waals surface area contributed by atoms with E-state index in [1.54, 1.807) is 0 Å². The molecular weight excluding hydrogens is 518 g/mol. The van der Waals surface area contributed by atoms with E-state index in [0.29, 0.717) is 55.9 Å². The number of ether oxygens (including phenoxy) is 2. The fourth-order valence-corrected chi connectivity index (χ4v) is 5.68. The minimum Gasteiger partial charge on any atom is -0.456 e. The van der Waals surface area contributed by atoms with E-state index >= 15 is 0 Å².